The summed E-state index contributed by atoms with van der Waals surface area (Å²) >= 11 is 0. The minimum Gasteiger partial charge on any atom is -0.335 e. The molecule has 1 N–H and O–H groups in total. The van der Waals surface area contributed by atoms with Crippen molar-refractivity contribution in [2.75, 3.05) is 11.4 Å². The average molecular weight is 246 g/mol. The molecule has 0 heterocycles. The van der Waals surface area contributed by atoms with Gasteiger partial charge in [-0.2, -0.15) is 0 Å². The molecule has 1 fully saturated rings. The first kappa shape index (κ1) is 12.9. The van der Waals surface area contributed by atoms with Crippen LogP contribution in [0.5, 0.6) is 0 Å². The fourth-order valence-electron chi connectivity index (χ4n) is 2.08. The van der Waals surface area contributed by atoms with E-state index >= 15 is 0 Å². The van der Waals surface area contributed by atoms with Gasteiger partial charge in [-0.05, 0) is 37.8 Å². The summed E-state index contributed by atoms with van der Waals surface area (Å²) in [5.41, 5.74) is 0.989. The second kappa shape index (κ2) is 6.43. The Hall–Kier alpha value is -1.51. The number of unbranched alkanes of at least 4 members (excludes halogenated alkanes) is 1. The van der Waals surface area contributed by atoms with E-state index in [0.29, 0.717) is 6.04 Å². The van der Waals surface area contributed by atoms with Crippen LogP contribution < -0.4 is 10.2 Å². The molecule has 3 nitrogen and oxygen atoms in total. The Bertz CT molecular complexity index is 373. The van der Waals surface area contributed by atoms with Gasteiger partial charge in [-0.3, -0.25) is 4.90 Å². The van der Waals surface area contributed by atoms with Crippen LogP contribution in [0.2, 0.25) is 0 Å². The third-order valence-electron chi connectivity index (χ3n) is 3.48. The van der Waals surface area contributed by atoms with Crippen molar-refractivity contribution in [1.82, 2.24) is 5.32 Å². The second-order valence-corrected chi connectivity index (χ2v) is 4.92. The number of carbonyl (C=O) groups excluding carboxylic acids is 1. The van der Waals surface area contributed by atoms with Gasteiger partial charge in [0.1, 0.15) is 0 Å². The van der Waals surface area contributed by atoms with E-state index in [0.717, 1.165) is 37.9 Å². The molecule has 0 radical (unpaired) electrons. The van der Waals surface area contributed by atoms with Crippen LogP contribution in [0, 0.1) is 0 Å². The van der Waals surface area contributed by atoms with Gasteiger partial charge in [-0.25, -0.2) is 4.79 Å². The number of rotatable bonds is 5. The Kier molecular flexibility index (Phi) is 4.62. The zero-order valence-corrected chi connectivity index (χ0v) is 11.1. The summed E-state index contributed by atoms with van der Waals surface area (Å²) in [6.45, 7) is 2.94. The number of urea groups is 1. The highest BCUT2D eigenvalue weighted by molar-refractivity contribution is 5.92. The van der Waals surface area contributed by atoms with Gasteiger partial charge < -0.3 is 5.32 Å². The lowest BCUT2D eigenvalue weighted by atomic mass is 9.93. The highest BCUT2D eigenvalue weighted by Crippen LogP contribution is 2.20. The quantitative estimate of drug-likeness (QED) is 0.846. The van der Waals surface area contributed by atoms with Gasteiger partial charge in [-0.15, -0.1) is 0 Å². The Morgan fingerprint density at radius 3 is 2.61 bits per heavy atom. The predicted octanol–water partition coefficient (Wildman–Crippen LogP) is 3.56. The number of nitrogens with one attached hydrogen (secondary N) is 1. The Morgan fingerprint density at radius 2 is 2.06 bits per heavy atom. The smallest absolute Gasteiger partial charge is 0.322 e. The first-order valence-electron chi connectivity index (χ1n) is 6.94. The maximum absolute atomic E-state index is 12.3. The number of hydrogen-bond acceptors (Lipinski definition) is 1. The highest BCUT2D eigenvalue weighted by atomic mass is 16.2. The van der Waals surface area contributed by atoms with Crippen molar-refractivity contribution in [2.24, 2.45) is 0 Å². The SMILES string of the molecule is CCCCN(C(=O)NC1CCC1)c1ccccc1. The Labute approximate surface area is 109 Å². The normalized spacial score (nSPS) is 14.9. The van der Waals surface area contributed by atoms with E-state index in [9.17, 15) is 4.79 Å². The minimum atomic E-state index is 0.0550. The van der Waals surface area contributed by atoms with E-state index in [1.165, 1.54) is 6.42 Å². The zero-order valence-electron chi connectivity index (χ0n) is 11.1. The Morgan fingerprint density at radius 1 is 1.33 bits per heavy atom. The number of anilines is 1. The van der Waals surface area contributed by atoms with Crippen molar-refractivity contribution in [3.8, 4) is 0 Å². The van der Waals surface area contributed by atoms with Crippen LogP contribution in [0.3, 0.4) is 0 Å². The van der Waals surface area contributed by atoms with Gasteiger partial charge in [0, 0.05) is 18.3 Å². The maximum Gasteiger partial charge on any atom is 0.322 e. The summed E-state index contributed by atoms with van der Waals surface area (Å²) in [6, 6.07) is 10.4. The van der Waals surface area contributed by atoms with Gasteiger partial charge in [0.15, 0.2) is 0 Å². The molecule has 1 saturated carbocycles. The molecule has 0 saturated heterocycles. The van der Waals surface area contributed by atoms with E-state index in [4.69, 9.17) is 0 Å². The lowest BCUT2D eigenvalue weighted by molar-refractivity contribution is 0.234. The van der Waals surface area contributed by atoms with Crippen molar-refractivity contribution < 1.29 is 4.79 Å². The van der Waals surface area contributed by atoms with Crippen LogP contribution >= 0.6 is 0 Å². The molecular weight excluding hydrogens is 224 g/mol. The summed E-state index contributed by atoms with van der Waals surface area (Å²) in [6.07, 6.45) is 5.63. The molecule has 2 amide bonds. The first-order chi connectivity index (χ1) is 8.81. The molecule has 0 bridgehead atoms. The van der Waals surface area contributed by atoms with E-state index < -0.39 is 0 Å². The third-order valence-corrected chi connectivity index (χ3v) is 3.48. The van der Waals surface area contributed by atoms with Crippen molar-refractivity contribution in [3.63, 3.8) is 0 Å². The van der Waals surface area contributed by atoms with Crippen LogP contribution in [0.1, 0.15) is 39.0 Å². The molecule has 1 aromatic rings. The number of para-hydroxylation sites is 1. The molecule has 0 spiro atoms. The minimum absolute atomic E-state index is 0.0550. The largest absolute Gasteiger partial charge is 0.335 e. The van der Waals surface area contributed by atoms with E-state index in [-0.39, 0.29) is 6.03 Å². The molecule has 0 atom stereocenters. The summed E-state index contributed by atoms with van der Waals surface area (Å²) in [5, 5.41) is 3.11. The third kappa shape index (κ3) is 3.25. The van der Waals surface area contributed by atoms with Crippen molar-refractivity contribution in [2.45, 2.75) is 45.1 Å². The van der Waals surface area contributed by atoms with Crippen LogP contribution in [0.15, 0.2) is 30.3 Å². The number of carbonyl (C=O) groups is 1. The molecule has 98 valence electrons. The Balaban J connectivity index is 2.01. The summed E-state index contributed by atoms with van der Waals surface area (Å²) in [7, 11) is 0. The van der Waals surface area contributed by atoms with Gasteiger partial charge in [0.25, 0.3) is 0 Å². The van der Waals surface area contributed by atoms with Crippen LogP contribution in [0.25, 0.3) is 0 Å². The van der Waals surface area contributed by atoms with E-state index in [1.54, 1.807) is 0 Å². The maximum atomic E-state index is 12.3. The molecule has 0 aliphatic heterocycles. The second-order valence-electron chi connectivity index (χ2n) is 4.92. The fraction of sp³-hybridized carbons (Fsp3) is 0.533. The van der Waals surface area contributed by atoms with Crippen molar-refractivity contribution in [1.29, 1.82) is 0 Å². The fourth-order valence-corrected chi connectivity index (χ4v) is 2.08. The molecule has 1 aliphatic rings. The standard InChI is InChI=1S/C15H22N2O/c1-2-3-12-17(14-10-5-4-6-11-14)15(18)16-13-8-7-9-13/h4-6,10-11,13H,2-3,7-9,12H2,1H3,(H,16,18). The van der Waals surface area contributed by atoms with Gasteiger partial charge >= 0.3 is 6.03 Å². The highest BCUT2D eigenvalue weighted by Gasteiger charge is 2.23. The molecule has 2 rings (SSSR count). The average Bonchev–Trinajstić information content (AvgIpc) is 2.36. The monoisotopic (exact) mass is 246 g/mol. The van der Waals surface area contributed by atoms with Crippen LogP contribution in [0.4, 0.5) is 10.5 Å². The molecule has 0 aromatic heterocycles. The number of nitrogens with zero attached hydrogens (tertiary/aromatic N) is 1. The molecule has 1 aliphatic carbocycles. The summed E-state index contributed by atoms with van der Waals surface area (Å²) < 4.78 is 0. The van der Waals surface area contributed by atoms with Crippen molar-refractivity contribution >= 4 is 11.7 Å². The van der Waals surface area contributed by atoms with Gasteiger partial charge in [-0.1, -0.05) is 31.5 Å². The summed E-state index contributed by atoms with van der Waals surface area (Å²) in [4.78, 5) is 14.1. The zero-order chi connectivity index (χ0) is 12.8. The van der Waals surface area contributed by atoms with Gasteiger partial charge in [0.05, 0.1) is 0 Å². The number of benzene rings is 1. The van der Waals surface area contributed by atoms with E-state index in [1.807, 2.05) is 35.2 Å². The topological polar surface area (TPSA) is 32.3 Å². The molecule has 3 heteroatoms. The summed E-state index contributed by atoms with van der Waals surface area (Å²) in [5.74, 6) is 0. The number of hydrogen-bond donors (Lipinski definition) is 1. The predicted molar refractivity (Wildman–Crippen MR) is 74.9 cm³/mol. The first-order valence-corrected chi connectivity index (χ1v) is 6.94. The van der Waals surface area contributed by atoms with Gasteiger partial charge in [0.2, 0.25) is 0 Å². The molecule has 1 aromatic carbocycles. The lowest BCUT2D eigenvalue weighted by Crippen LogP contribution is -2.47. The van der Waals surface area contributed by atoms with E-state index in [2.05, 4.69) is 12.2 Å². The number of amides is 2. The lowest BCUT2D eigenvalue weighted by Gasteiger charge is -2.30. The molecule has 0 unspecified atom stereocenters. The van der Waals surface area contributed by atoms with Crippen LogP contribution in [-0.2, 0) is 0 Å². The van der Waals surface area contributed by atoms with Crippen LogP contribution in [-0.4, -0.2) is 18.6 Å². The van der Waals surface area contributed by atoms with Crippen molar-refractivity contribution in [3.05, 3.63) is 30.3 Å². The molecule has 18 heavy (non-hydrogen) atoms. The molecular formula is C15H22N2O.